The molecule has 4 N–H and O–H groups in total. The number of carbonyl (C=O) groups is 2. The summed E-state index contributed by atoms with van der Waals surface area (Å²) in [6.45, 7) is 0. The number of amides is 2. The monoisotopic (exact) mass is 495 g/mol. The van der Waals surface area contributed by atoms with Crippen molar-refractivity contribution >= 4 is 45.3 Å². The van der Waals surface area contributed by atoms with Gasteiger partial charge in [-0.05, 0) is 42.7 Å². The van der Waals surface area contributed by atoms with Crippen molar-refractivity contribution in [1.82, 2.24) is 9.78 Å². The number of nitrogens with one attached hydrogen (secondary N) is 2. The van der Waals surface area contributed by atoms with E-state index in [9.17, 15) is 22.8 Å². The molecule has 0 fully saturated rings. The number of anilines is 2. The van der Waals surface area contributed by atoms with Gasteiger partial charge in [-0.3, -0.25) is 9.59 Å². The van der Waals surface area contributed by atoms with Crippen LogP contribution in [-0.4, -0.2) is 27.8 Å². The molecule has 1 aliphatic heterocycles. The number of alkyl halides is 3. The summed E-state index contributed by atoms with van der Waals surface area (Å²) in [6.07, 6.45) is -0.201. The number of aromatic nitrogens is 2. The summed E-state index contributed by atoms with van der Waals surface area (Å²) in [4.78, 5) is 27.0. The van der Waals surface area contributed by atoms with E-state index in [0.29, 0.717) is 17.0 Å². The van der Waals surface area contributed by atoms with Crippen molar-refractivity contribution in [3.05, 3.63) is 50.2 Å². The van der Waals surface area contributed by atoms with Gasteiger partial charge in [0.25, 0.3) is 11.8 Å². The Kier molecular flexibility index (Phi) is 5.44. The lowest BCUT2D eigenvalue weighted by Crippen LogP contribution is -2.36. The molecule has 0 spiro atoms. The van der Waals surface area contributed by atoms with Crippen LogP contribution in [0.15, 0.2) is 23.7 Å². The van der Waals surface area contributed by atoms with E-state index < -0.39 is 30.1 Å². The number of nitrogens with two attached hydrogens (primary N) is 1. The number of carbonyl (C=O) groups excluding carboxylic acids is 2. The summed E-state index contributed by atoms with van der Waals surface area (Å²) in [6, 6.07) is 1.06. The third kappa shape index (κ3) is 3.90. The molecular formula is C21H20F3N5O2S2. The summed E-state index contributed by atoms with van der Waals surface area (Å²) in [5.74, 6) is -1.27. The first-order valence-corrected chi connectivity index (χ1v) is 12.1. The lowest BCUT2D eigenvalue weighted by Gasteiger charge is -2.33. The van der Waals surface area contributed by atoms with E-state index in [2.05, 4.69) is 15.7 Å². The normalized spacial score (nSPS) is 20.0. The summed E-state index contributed by atoms with van der Waals surface area (Å²) in [7, 11) is 0. The largest absolute Gasteiger partial charge is 0.410 e. The molecule has 7 nitrogen and oxygen atoms in total. The number of rotatable bonds is 4. The Balaban J connectivity index is 1.50. The minimum Gasteiger partial charge on any atom is -0.365 e. The molecule has 0 saturated heterocycles. The van der Waals surface area contributed by atoms with Crippen molar-refractivity contribution in [3.8, 4) is 0 Å². The van der Waals surface area contributed by atoms with Gasteiger partial charge in [-0.25, -0.2) is 4.68 Å². The number of fused-ring (bicyclic) bond motifs is 2. The quantitative estimate of drug-likeness (QED) is 0.479. The fourth-order valence-electron chi connectivity index (χ4n) is 4.49. The van der Waals surface area contributed by atoms with Crippen LogP contribution in [0.5, 0.6) is 0 Å². The highest BCUT2D eigenvalue weighted by atomic mass is 32.1. The number of hydrogen-bond acceptors (Lipinski definition) is 6. The van der Waals surface area contributed by atoms with Crippen molar-refractivity contribution in [2.75, 3.05) is 10.6 Å². The number of thiophene rings is 2. The van der Waals surface area contributed by atoms with Crippen LogP contribution in [0.2, 0.25) is 0 Å². The van der Waals surface area contributed by atoms with E-state index in [4.69, 9.17) is 5.73 Å². The summed E-state index contributed by atoms with van der Waals surface area (Å²) in [5, 5.41) is 11.8. The average molecular weight is 496 g/mol. The van der Waals surface area contributed by atoms with Crippen LogP contribution in [0.3, 0.4) is 0 Å². The Morgan fingerprint density at radius 1 is 1.27 bits per heavy atom. The van der Waals surface area contributed by atoms with Gasteiger partial charge in [-0.1, -0.05) is 6.07 Å². The Bertz CT molecular complexity index is 1220. The van der Waals surface area contributed by atoms with E-state index in [-0.39, 0.29) is 17.8 Å². The molecule has 2 atom stereocenters. The lowest BCUT2D eigenvalue weighted by atomic mass is 9.95. The van der Waals surface area contributed by atoms with Crippen LogP contribution < -0.4 is 16.4 Å². The molecule has 12 heteroatoms. The minimum atomic E-state index is -4.53. The van der Waals surface area contributed by atoms with Crippen LogP contribution in [0, 0.1) is 0 Å². The van der Waals surface area contributed by atoms with Gasteiger partial charge in [0.1, 0.15) is 16.4 Å². The Hall–Kier alpha value is -2.86. The van der Waals surface area contributed by atoms with Gasteiger partial charge in [0.05, 0.1) is 17.8 Å². The summed E-state index contributed by atoms with van der Waals surface area (Å²) >= 11 is 2.64. The molecule has 1 aliphatic carbocycles. The Labute approximate surface area is 194 Å². The van der Waals surface area contributed by atoms with Crippen molar-refractivity contribution in [1.29, 1.82) is 0 Å². The minimum absolute atomic E-state index is 0.00131. The van der Waals surface area contributed by atoms with Crippen molar-refractivity contribution in [2.24, 2.45) is 5.73 Å². The van der Waals surface area contributed by atoms with Crippen molar-refractivity contribution in [3.63, 3.8) is 0 Å². The Morgan fingerprint density at radius 3 is 2.76 bits per heavy atom. The van der Waals surface area contributed by atoms with E-state index >= 15 is 0 Å². The van der Waals surface area contributed by atoms with Gasteiger partial charge >= 0.3 is 6.18 Å². The van der Waals surface area contributed by atoms with Crippen LogP contribution in [0.1, 0.15) is 67.4 Å². The predicted molar refractivity (Wildman–Crippen MR) is 120 cm³/mol. The first-order valence-electron chi connectivity index (χ1n) is 10.4. The number of halogens is 3. The van der Waals surface area contributed by atoms with Gasteiger partial charge in [0.15, 0.2) is 6.04 Å². The molecule has 2 amide bonds. The highest BCUT2D eigenvalue weighted by Crippen LogP contribution is 2.45. The standard InChI is InChI=1S/C21H20F3N5O2S2/c22-21(23,24)15-8-12(14-6-3-7-32-14)27-18-11(9-26-29(15)18)19(31)28-20-16(17(25)30)10-4-1-2-5-13(10)33-20/h3,6-7,9,12,15,27H,1-2,4-5,8H2,(H2,25,30)(H,28,31)/t12-,15-/m1/s1. The number of nitrogens with zero attached hydrogens (tertiary/aromatic N) is 2. The fourth-order valence-corrected chi connectivity index (χ4v) is 6.57. The highest BCUT2D eigenvalue weighted by molar-refractivity contribution is 7.17. The predicted octanol–water partition coefficient (Wildman–Crippen LogP) is 4.90. The average Bonchev–Trinajstić information content (AvgIpc) is 3.49. The molecule has 0 bridgehead atoms. The zero-order chi connectivity index (χ0) is 23.3. The molecule has 4 heterocycles. The van der Waals surface area contributed by atoms with Crippen molar-refractivity contribution in [2.45, 2.75) is 50.4 Å². The zero-order valence-electron chi connectivity index (χ0n) is 17.2. The summed E-state index contributed by atoms with van der Waals surface area (Å²) in [5.41, 5.74) is 6.72. The topological polar surface area (TPSA) is 102 Å². The molecule has 3 aromatic rings. The molecule has 0 radical (unpaired) electrons. The molecule has 0 unspecified atom stereocenters. The second-order valence-electron chi connectivity index (χ2n) is 8.09. The maximum Gasteiger partial charge on any atom is 0.410 e. The highest BCUT2D eigenvalue weighted by Gasteiger charge is 2.47. The van der Waals surface area contributed by atoms with Gasteiger partial charge in [-0.15, -0.1) is 22.7 Å². The van der Waals surface area contributed by atoms with Gasteiger partial charge in [0, 0.05) is 16.2 Å². The number of aryl methyl sites for hydroxylation is 1. The van der Waals surface area contributed by atoms with E-state index in [0.717, 1.165) is 45.5 Å². The van der Waals surface area contributed by atoms with E-state index in [1.807, 2.05) is 0 Å². The van der Waals surface area contributed by atoms with Crippen LogP contribution in [0.4, 0.5) is 24.0 Å². The second-order valence-corrected chi connectivity index (χ2v) is 10.2. The summed E-state index contributed by atoms with van der Waals surface area (Å²) < 4.78 is 42.3. The van der Waals surface area contributed by atoms with Crippen LogP contribution >= 0.6 is 22.7 Å². The maximum absolute atomic E-state index is 13.8. The van der Waals surface area contributed by atoms with Crippen LogP contribution in [-0.2, 0) is 12.8 Å². The Morgan fingerprint density at radius 2 is 2.06 bits per heavy atom. The number of primary amides is 1. The molecule has 2 aliphatic rings. The van der Waals surface area contributed by atoms with Gasteiger partial charge in [-0.2, -0.15) is 18.3 Å². The van der Waals surface area contributed by atoms with Gasteiger partial charge < -0.3 is 16.4 Å². The second kappa shape index (κ2) is 8.17. The maximum atomic E-state index is 13.8. The van der Waals surface area contributed by atoms with Crippen molar-refractivity contribution < 1.29 is 22.8 Å². The third-order valence-electron chi connectivity index (χ3n) is 6.01. The molecule has 174 valence electrons. The molecule has 0 aromatic carbocycles. The van der Waals surface area contributed by atoms with E-state index in [1.165, 1.54) is 22.7 Å². The van der Waals surface area contributed by atoms with Gasteiger partial charge in [0.2, 0.25) is 0 Å². The van der Waals surface area contributed by atoms with E-state index in [1.54, 1.807) is 17.5 Å². The van der Waals surface area contributed by atoms with Crippen LogP contribution in [0.25, 0.3) is 0 Å². The lowest BCUT2D eigenvalue weighted by molar-refractivity contribution is -0.173. The molecule has 0 saturated carbocycles. The first kappa shape index (κ1) is 22.0. The molecule has 3 aromatic heterocycles. The fraction of sp³-hybridized carbons (Fsp3) is 0.381. The first-order chi connectivity index (χ1) is 15.7. The third-order valence-corrected chi connectivity index (χ3v) is 8.21. The SMILES string of the molecule is NC(=O)c1c(NC(=O)c2cnn3c2N[C@@H](c2cccs2)C[C@@H]3C(F)(F)F)sc2c1CCCC2. The molecule has 33 heavy (non-hydrogen) atoms. The number of hydrogen-bond donors (Lipinski definition) is 3. The molecular weight excluding hydrogens is 475 g/mol. The smallest absolute Gasteiger partial charge is 0.365 e. The zero-order valence-corrected chi connectivity index (χ0v) is 18.9. The molecule has 5 rings (SSSR count).